The van der Waals surface area contributed by atoms with Gasteiger partial charge in [-0.25, -0.2) is 4.98 Å². The highest BCUT2D eigenvalue weighted by molar-refractivity contribution is 7.11. The van der Waals surface area contributed by atoms with Crippen molar-refractivity contribution >= 4 is 17.3 Å². The molecule has 1 aromatic rings. The Labute approximate surface area is 144 Å². The Kier molecular flexibility index (Phi) is 7.30. The van der Waals surface area contributed by atoms with Crippen LogP contribution in [0.4, 0.5) is 0 Å². The summed E-state index contributed by atoms with van der Waals surface area (Å²) in [5.41, 5.74) is 0. The molecule has 0 radical (unpaired) electrons. The maximum atomic E-state index is 4.44. The highest BCUT2D eigenvalue weighted by Gasteiger charge is 2.24. The maximum Gasteiger partial charge on any atom is 0.191 e. The Hall–Kier alpha value is -1.14. The normalized spacial score (nSPS) is 17.7. The molecule has 1 aliphatic heterocycles. The Morgan fingerprint density at radius 1 is 1.35 bits per heavy atom. The lowest BCUT2D eigenvalue weighted by atomic mass is 10.0. The van der Waals surface area contributed by atoms with Gasteiger partial charge in [-0.15, -0.1) is 11.3 Å². The molecule has 0 spiro atoms. The predicted molar refractivity (Wildman–Crippen MR) is 99.1 cm³/mol. The molecule has 2 rings (SSSR count). The fraction of sp³-hybridized carbons (Fsp3) is 0.765. The van der Waals surface area contributed by atoms with Crippen LogP contribution in [0.25, 0.3) is 0 Å². The van der Waals surface area contributed by atoms with Gasteiger partial charge in [-0.05, 0) is 38.3 Å². The summed E-state index contributed by atoms with van der Waals surface area (Å²) >= 11 is 1.77. The van der Waals surface area contributed by atoms with Gasteiger partial charge in [0.05, 0.1) is 6.54 Å². The minimum atomic E-state index is 0.572. The monoisotopic (exact) mass is 337 g/mol. The highest BCUT2D eigenvalue weighted by Crippen LogP contribution is 2.17. The number of rotatable bonds is 7. The van der Waals surface area contributed by atoms with E-state index in [2.05, 4.69) is 46.3 Å². The first kappa shape index (κ1) is 18.2. The van der Waals surface area contributed by atoms with Gasteiger partial charge in [0, 0.05) is 30.7 Å². The molecule has 1 saturated heterocycles. The molecular weight excluding hydrogens is 306 g/mol. The molecule has 0 amide bonds. The van der Waals surface area contributed by atoms with Gasteiger partial charge in [0.1, 0.15) is 5.01 Å². The van der Waals surface area contributed by atoms with E-state index in [1.807, 2.05) is 13.2 Å². The number of aliphatic imine (C=N–C) groups is 1. The average Bonchev–Trinajstić information content (AvgIpc) is 3.21. The van der Waals surface area contributed by atoms with Crippen LogP contribution in [0.5, 0.6) is 0 Å². The van der Waals surface area contributed by atoms with E-state index in [1.54, 1.807) is 11.3 Å². The van der Waals surface area contributed by atoms with E-state index in [9.17, 15) is 0 Å². The third kappa shape index (κ3) is 5.46. The topological polar surface area (TPSA) is 52.6 Å². The van der Waals surface area contributed by atoms with Gasteiger partial charge in [0.15, 0.2) is 5.96 Å². The van der Waals surface area contributed by atoms with E-state index >= 15 is 0 Å². The van der Waals surface area contributed by atoms with E-state index < -0.39 is 0 Å². The quantitative estimate of drug-likeness (QED) is 0.593. The van der Waals surface area contributed by atoms with Gasteiger partial charge in [-0.3, -0.25) is 9.89 Å². The summed E-state index contributed by atoms with van der Waals surface area (Å²) in [5.74, 6) is 1.51. The van der Waals surface area contributed by atoms with Gasteiger partial charge >= 0.3 is 0 Å². The van der Waals surface area contributed by atoms with Crippen molar-refractivity contribution in [1.82, 2.24) is 20.5 Å². The summed E-state index contributed by atoms with van der Waals surface area (Å²) in [7, 11) is 1.83. The second-order valence-electron chi connectivity index (χ2n) is 6.43. The molecule has 1 fully saturated rings. The van der Waals surface area contributed by atoms with Crippen molar-refractivity contribution in [2.75, 3.05) is 26.7 Å². The third-order valence-electron chi connectivity index (χ3n) is 4.44. The van der Waals surface area contributed by atoms with Gasteiger partial charge < -0.3 is 10.6 Å². The number of aromatic nitrogens is 1. The number of guanidine groups is 1. The number of thiazole rings is 1. The molecule has 0 aliphatic carbocycles. The van der Waals surface area contributed by atoms with Gasteiger partial charge in [0.2, 0.25) is 0 Å². The Morgan fingerprint density at radius 2 is 2.09 bits per heavy atom. The summed E-state index contributed by atoms with van der Waals surface area (Å²) in [6.07, 6.45) is 5.69. The number of hydrogen-bond donors (Lipinski definition) is 2. The van der Waals surface area contributed by atoms with Crippen molar-refractivity contribution in [2.24, 2.45) is 10.9 Å². The van der Waals surface area contributed by atoms with Crippen molar-refractivity contribution in [3.05, 3.63) is 16.1 Å². The fourth-order valence-electron chi connectivity index (χ4n) is 3.03. The molecule has 2 heterocycles. The molecule has 5 nitrogen and oxygen atoms in total. The van der Waals surface area contributed by atoms with Crippen LogP contribution >= 0.6 is 11.3 Å². The second-order valence-corrected chi connectivity index (χ2v) is 7.63. The first-order valence-corrected chi connectivity index (χ1v) is 9.57. The van der Waals surface area contributed by atoms with Gasteiger partial charge in [-0.1, -0.05) is 20.8 Å². The third-order valence-corrected chi connectivity index (χ3v) is 5.58. The largest absolute Gasteiger partial charge is 0.355 e. The molecule has 2 N–H and O–H groups in total. The zero-order valence-corrected chi connectivity index (χ0v) is 15.7. The lowest BCUT2D eigenvalue weighted by molar-refractivity contribution is 0.192. The number of likely N-dealkylation sites (tertiary alicyclic amines) is 1. The standard InChI is InChI=1S/C17H31N5S/c1-5-14-10-19-16(23-14)12-21-17(18-4)20-11-15(13(2)3)22-8-6-7-9-22/h10,13,15H,5-9,11-12H2,1-4H3,(H2,18,20,21). The van der Waals surface area contributed by atoms with E-state index in [-0.39, 0.29) is 0 Å². The van der Waals surface area contributed by atoms with E-state index in [0.29, 0.717) is 12.0 Å². The van der Waals surface area contributed by atoms with Gasteiger partial charge in [0.25, 0.3) is 0 Å². The number of hydrogen-bond acceptors (Lipinski definition) is 4. The van der Waals surface area contributed by atoms with Crippen molar-refractivity contribution in [2.45, 2.75) is 52.6 Å². The van der Waals surface area contributed by atoms with Crippen molar-refractivity contribution in [3.63, 3.8) is 0 Å². The van der Waals surface area contributed by atoms with Crippen LogP contribution < -0.4 is 10.6 Å². The van der Waals surface area contributed by atoms with Crippen LogP contribution in [0.15, 0.2) is 11.2 Å². The Balaban J connectivity index is 1.81. The number of aryl methyl sites for hydroxylation is 1. The fourth-order valence-corrected chi connectivity index (χ4v) is 3.84. The van der Waals surface area contributed by atoms with Crippen LogP contribution in [0.1, 0.15) is 43.5 Å². The molecule has 1 unspecified atom stereocenters. The molecule has 0 saturated carbocycles. The maximum absolute atomic E-state index is 4.44. The first-order valence-electron chi connectivity index (χ1n) is 8.76. The SMILES string of the molecule is CCc1cnc(CNC(=NC)NCC(C(C)C)N2CCCC2)s1. The van der Waals surface area contributed by atoms with Crippen LogP contribution in [-0.4, -0.2) is 48.6 Å². The lowest BCUT2D eigenvalue weighted by Crippen LogP contribution is -2.48. The lowest BCUT2D eigenvalue weighted by Gasteiger charge is -2.31. The average molecular weight is 338 g/mol. The van der Waals surface area contributed by atoms with Crippen molar-refractivity contribution < 1.29 is 0 Å². The summed E-state index contributed by atoms with van der Waals surface area (Å²) in [5, 5.41) is 7.98. The van der Waals surface area contributed by atoms with E-state index in [0.717, 1.165) is 30.5 Å². The van der Waals surface area contributed by atoms with Crippen molar-refractivity contribution in [3.8, 4) is 0 Å². The minimum absolute atomic E-state index is 0.572. The zero-order valence-electron chi connectivity index (χ0n) is 14.9. The molecular formula is C17H31N5S. The van der Waals surface area contributed by atoms with Crippen LogP contribution in [-0.2, 0) is 13.0 Å². The smallest absolute Gasteiger partial charge is 0.191 e. The van der Waals surface area contributed by atoms with E-state index in [4.69, 9.17) is 0 Å². The summed E-state index contributed by atoms with van der Waals surface area (Å²) in [6, 6.07) is 0.572. The number of nitrogens with one attached hydrogen (secondary N) is 2. The molecule has 23 heavy (non-hydrogen) atoms. The second kappa shape index (κ2) is 9.23. The molecule has 6 heteroatoms. The van der Waals surface area contributed by atoms with Gasteiger partial charge in [-0.2, -0.15) is 0 Å². The molecule has 1 aromatic heterocycles. The molecule has 130 valence electrons. The van der Waals surface area contributed by atoms with Crippen LogP contribution in [0.3, 0.4) is 0 Å². The van der Waals surface area contributed by atoms with E-state index in [1.165, 1.54) is 30.8 Å². The van der Waals surface area contributed by atoms with Crippen molar-refractivity contribution in [1.29, 1.82) is 0 Å². The molecule has 0 aromatic carbocycles. The first-order chi connectivity index (χ1) is 11.1. The summed E-state index contributed by atoms with van der Waals surface area (Å²) in [4.78, 5) is 12.7. The summed E-state index contributed by atoms with van der Waals surface area (Å²) in [6.45, 7) is 10.9. The molecule has 1 atom stereocenters. The molecule has 0 bridgehead atoms. The molecule has 1 aliphatic rings. The number of nitrogens with zero attached hydrogens (tertiary/aromatic N) is 3. The predicted octanol–water partition coefficient (Wildman–Crippen LogP) is 2.49. The Bertz CT molecular complexity index is 491. The highest BCUT2D eigenvalue weighted by atomic mass is 32.1. The van der Waals surface area contributed by atoms with Crippen LogP contribution in [0, 0.1) is 5.92 Å². The zero-order chi connectivity index (χ0) is 16.7. The Morgan fingerprint density at radius 3 is 2.65 bits per heavy atom. The van der Waals surface area contributed by atoms with Crippen LogP contribution in [0.2, 0.25) is 0 Å². The minimum Gasteiger partial charge on any atom is -0.355 e. The summed E-state index contributed by atoms with van der Waals surface area (Å²) < 4.78 is 0.